The summed E-state index contributed by atoms with van der Waals surface area (Å²) in [4.78, 5) is 23.0. The van der Waals surface area contributed by atoms with Crippen molar-refractivity contribution in [3.05, 3.63) is 64.3 Å². The summed E-state index contributed by atoms with van der Waals surface area (Å²) < 4.78 is 59.5. The molecule has 0 saturated heterocycles. The maximum atomic E-state index is 13.5. The highest BCUT2D eigenvalue weighted by Crippen LogP contribution is 2.40. The van der Waals surface area contributed by atoms with Crippen LogP contribution in [0.4, 0.5) is 17.6 Å². The molecule has 0 saturated carbocycles. The lowest BCUT2D eigenvalue weighted by atomic mass is 10.0. The van der Waals surface area contributed by atoms with Gasteiger partial charge in [0.25, 0.3) is 5.91 Å². The Bertz CT molecular complexity index is 1230. The van der Waals surface area contributed by atoms with Crippen molar-refractivity contribution in [1.82, 2.24) is 14.9 Å². The molecule has 1 aromatic carbocycles. The SMILES string of the molecule is CSc1nc2c(c(-c3ccc(C)o3)n1)C(=O)N(C)/C2=C\c1ccc(F)cc1C(F)(F)F. The van der Waals surface area contributed by atoms with Crippen LogP contribution in [0.2, 0.25) is 0 Å². The molecule has 0 N–H and O–H groups in total. The van der Waals surface area contributed by atoms with Crippen LogP contribution in [0.25, 0.3) is 23.2 Å². The van der Waals surface area contributed by atoms with E-state index in [1.54, 1.807) is 25.3 Å². The highest BCUT2D eigenvalue weighted by atomic mass is 32.2. The Labute approximate surface area is 178 Å². The van der Waals surface area contributed by atoms with Crippen LogP contribution < -0.4 is 0 Å². The number of aryl methyl sites for hydroxylation is 1. The molecule has 1 aliphatic rings. The second kappa shape index (κ2) is 7.52. The van der Waals surface area contributed by atoms with Gasteiger partial charge in [0.2, 0.25) is 0 Å². The first-order valence-electron chi connectivity index (χ1n) is 9.00. The Kier molecular flexibility index (Phi) is 5.12. The minimum atomic E-state index is -4.77. The Morgan fingerprint density at radius 2 is 1.84 bits per heavy atom. The van der Waals surface area contributed by atoms with Gasteiger partial charge in [0.05, 0.1) is 16.8 Å². The summed E-state index contributed by atoms with van der Waals surface area (Å²) in [7, 11) is 1.43. The Morgan fingerprint density at radius 3 is 2.45 bits per heavy atom. The predicted molar refractivity (Wildman–Crippen MR) is 108 cm³/mol. The van der Waals surface area contributed by atoms with Crippen molar-refractivity contribution in [3.8, 4) is 11.5 Å². The molecule has 4 rings (SSSR count). The van der Waals surface area contributed by atoms with Gasteiger partial charge < -0.3 is 9.32 Å². The van der Waals surface area contributed by atoms with E-state index in [0.29, 0.717) is 22.7 Å². The summed E-state index contributed by atoms with van der Waals surface area (Å²) in [5.74, 6) is -0.516. The van der Waals surface area contributed by atoms with Crippen LogP contribution in [0.5, 0.6) is 0 Å². The number of hydrogen-bond donors (Lipinski definition) is 0. The number of alkyl halides is 3. The van der Waals surface area contributed by atoms with Gasteiger partial charge in [0.1, 0.15) is 23.0 Å². The minimum absolute atomic E-state index is 0.136. The van der Waals surface area contributed by atoms with Gasteiger partial charge in [-0.2, -0.15) is 13.2 Å². The third-order valence-corrected chi connectivity index (χ3v) is 5.33. The number of carbonyl (C=O) groups excluding carboxylic acids is 1. The van der Waals surface area contributed by atoms with E-state index in [1.807, 2.05) is 0 Å². The number of furan rings is 1. The third kappa shape index (κ3) is 3.71. The third-order valence-electron chi connectivity index (χ3n) is 4.78. The molecule has 3 heterocycles. The molecule has 0 bridgehead atoms. The van der Waals surface area contributed by atoms with E-state index in [-0.39, 0.29) is 28.2 Å². The minimum Gasteiger partial charge on any atom is -0.460 e. The smallest absolute Gasteiger partial charge is 0.417 e. The van der Waals surface area contributed by atoms with E-state index in [2.05, 4.69) is 9.97 Å². The molecular weight excluding hydrogens is 434 g/mol. The zero-order valence-electron chi connectivity index (χ0n) is 16.5. The zero-order valence-corrected chi connectivity index (χ0v) is 17.4. The number of rotatable bonds is 3. The standard InChI is InChI=1S/C21H15F4N3O2S/c1-10-4-7-15(30-10)18-16-17(26-20(27-18)31-3)14(28(2)19(16)29)8-11-5-6-12(22)9-13(11)21(23,24)25/h4-9H,1-3H3/b14-8-. The van der Waals surface area contributed by atoms with Gasteiger partial charge in [0, 0.05) is 7.05 Å². The predicted octanol–water partition coefficient (Wildman–Crippen LogP) is 5.51. The first-order chi connectivity index (χ1) is 14.6. The molecule has 1 aliphatic heterocycles. The number of nitrogens with zero attached hydrogens (tertiary/aromatic N) is 3. The number of aromatic nitrogens is 2. The first-order valence-corrected chi connectivity index (χ1v) is 10.2. The van der Waals surface area contributed by atoms with E-state index in [4.69, 9.17) is 4.42 Å². The van der Waals surface area contributed by atoms with E-state index < -0.39 is 23.5 Å². The second-order valence-electron chi connectivity index (χ2n) is 6.82. The van der Waals surface area contributed by atoms with Crippen LogP contribution >= 0.6 is 11.8 Å². The largest absolute Gasteiger partial charge is 0.460 e. The van der Waals surface area contributed by atoms with Crippen molar-refractivity contribution in [3.63, 3.8) is 0 Å². The zero-order chi connectivity index (χ0) is 22.5. The average molecular weight is 449 g/mol. The number of amides is 1. The van der Waals surface area contributed by atoms with Crippen molar-refractivity contribution in [1.29, 1.82) is 0 Å². The molecule has 0 radical (unpaired) electrons. The quantitative estimate of drug-likeness (QED) is 0.300. The number of thioether (sulfide) groups is 1. The summed E-state index contributed by atoms with van der Waals surface area (Å²) in [6, 6.07) is 5.77. The fourth-order valence-electron chi connectivity index (χ4n) is 3.31. The van der Waals surface area contributed by atoms with Crippen molar-refractivity contribution >= 4 is 29.4 Å². The molecule has 0 atom stereocenters. The van der Waals surface area contributed by atoms with Gasteiger partial charge in [-0.3, -0.25) is 4.79 Å². The van der Waals surface area contributed by atoms with E-state index in [0.717, 1.165) is 12.1 Å². The highest BCUT2D eigenvalue weighted by Gasteiger charge is 2.38. The molecule has 3 aromatic rings. The van der Waals surface area contributed by atoms with Gasteiger partial charge in [-0.1, -0.05) is 17.8 Å². The summed E-state index contributed by atoms with van der Waals surface area (Å²) in [6.45, 7) is 1.74. The molecule has 31 heavy (non-hydrogen) atoms. The van der Waals surface area contributed by atoms with Crippen LogP contribution in [0.1, 0.15) is 32.9 Å². The Hall–Kier alpha value is -3.14. The average Bonchev–Trinajstić information content (AvgIpc) is 3.25. The normalized spacial score (nSPS) is 15.1. The van der Waals surface area contributed by atoms with Crippen LogP contribution in [0.15, 0.2) is 39.9 Å². The molecule has 10 heteroatoms. The fraction of sp³-hybridized carbons (Fsp3) is 0.190. The molecule has 160 valence electrons. The van der Waals surface area contributed by atoms with Gasteiger partial charge in [-0.05, 0) is 49.1 Å². The number of halogens is 4. The van der Waals surface area contributed by atoms with Crippen molar-refractivity contribution < 1.29 is 26.8 Å². The molecule has 0 aliphatic carbocycles. The van der Waals surface area contributed by atoms with Crippen molar-refractivity contribution in [2.45, 2.75) is 18.3 Å². The molecule has 0 spiro atoms. The van der Waals surface area contributed by atoms with Gasteiger partial charge in [-0.15, -0.1) is 0 Å². The van der Waals surface area contributed by atoms with Gasteiger partial charge in [0.15, 0.2) is 10.9 Å². The molecule has 0 fully saturated rings. The lowest BCUT2D eigenvalue weighted by Crippen LogP contribution is -2.18. The number of benzene rings is 1. The van der Waals surface area contributed by atoms with Crippen LogP contribution in [0, 0.1) is 12.7 Å². The van der Waals surface area contributed by atoms with Crippen LogP contribution in [-0.4, -0.2) is 34.1 Å². The topological polar surface area (TPSA) is 59.2 Å². The van der Waals surface area contributed by atoms with Gasteiger partial charge >= 0.3 is 6.18 Å². The lowest BCUT2D eigenvalue weighted by Gasteiger charge is -2.14. The number of carbonyl (C=O) groups is 1. The van der Waals surface area contributed by atoms with Crippen molar-refractivity contribution in [2.75, 3.05) is 13.3 Å². The van der Waals surface area contributed by atoms with Gasteiger partial charge in [-0.25, -0.2) is 14.4 Å². The summed E-state index contributed by atoms with van der Waals surface area (Å²) in [5, 5.41) is 0.326. The summed E-state index contributed by atoms with van der Waals surface area (Å²) in [6.07, 6.45) is -1.85. The molecule has 0 unspecified atom stereocenters. The van der Waals surface area contributed by atoms with Crippen LogP contribution in [-0.2, 0) is 6.18 Å². The lowest BCUT2D eigenvalue weighted by molar-refractivity contribution is -0.137. The molecule has 1 amide bonds. The van der Waals surface area contributed by atoms with E-state index in [1.165, 1.54) is 29.8 Å². The monoisotopic (exact) mass is 449 g/mol. The molecular formula is C21H15F4N3O2S. The first kappa shape index (κ1) is 21.1. The second-order valence-corrected chi connectivity index (χ2v) is 7.59. The Balaban J connectivity index is 1.97. The van der Waals surface area contributed by atoms with E-state index in [9.17, 15) is 22.4 Å². The van der Waals surface area contributed by atoms with Crippen molar-refractivity contribution in [2.24, 2.45) is 0 Å². The summed E-state index contributed by atoms with van der Waals surface area (Å²) >= 11 is 1.22. The number of hydrogen-bond acceptors (Lipinski definition) is 5. The summed E-state index contributed by atoms with van der Waals surface area (Å²) in [5.41, 5.74) is -0.687. The maximum Gasteiger partial charge on any atom is 0.417 e. The molecule has 5 nitrogen and oxygen atoms in total. The molecule has 2 aromatic heterocycles. The fourth-order valence-corrected chi connectivity index (χ4v) is 3.67. The number of fused-ring (bicyclic) bond motifs is 1. The highest BCUT2D eigenvalue weighted by molar-refractivity contribution is 7.98. The van der Waals surface area contributed by atoms with Crippen LogP contribution in [0.3, 0.4) is 0 Å². The maximum absolute atomic E-state index is 13.5. The van der Waals surface area contributed by atoms with E-state index >= 15 is 0 Å². The Morgan fingerprint density at radius 1 is 1.13 bits per heavy atom.